The Kier molecular flexibility index (Phi) is 3.45. The Labute approximate surface area is 108 Å². The minimum absolute atomic E-state index is 0.317. The Hall–Kier alpha value is -1.33. The molecule has 1 aromatic carbocycles. The largest absolute Gasteiger partial charge is 0.398 e. The molecule has 0 unspecified atom stereocenters. The Morgan fingerprint density at radius 1 is 1.28 bits per heavy atom. The van der Waals surface area contributed by atoms with E-state index in [0.717, 1.165) is 12.0 Å². The lowest BCUT2D eigenvalue weighted by Gasteiger charge is -2.26. The quantitative estimate of drug-likeness (QED) is 0.657. The van der Waals surface area contributed by atoms with Gasteiger partial charge in [0.15, 0.2) is 0 Å². The average molecular weight is 266 g/mol. The molecule has 0 amide bonds. The first-order valence-electron chi connectivity index (χ1n) is 5.94. The van der Waals surface area contributed by atoms with Gasteiger partial charge in [-0.1, -0.05) is 17.7 Å². The number of hydrogen-bond donors (Lipinski definition) is 1. The van der Waals surface area contributed by atoms with Gasteiger partial charge in [0.2, 0.25) is 10.0 Å². The molecule has 2 N–H and O–H groups in total. The van der Waals surface area contributed by atoms with Crippen LogP contribution in [0, 0.1) is 6.92 Å². The number of rotatable bonds is 2. The third-order valence-electron chi connectivity index (χ3n) is 3.24. The molecular weight excluding hydrogens is 248 g/mol. The zero-order valence-corrected chi connectivity index (χ0v) is 11.5. The van der Waals surface area contributed by atoms with Crippen molar-refractivity contribution in [2.75, 3.05) is 18.8 Å². The van der Waals surface area contributed by atoms with E-state index in [0.29, 0.717) is 29.2 Å². The number of anilines is 1. The fraction of sp³-hybridized carbons (Fsp3) is 0.385. The Balaban J connectivity index is 2.43. The van der Waals surface area contributed by atoms with E-state index in [4.69, 9.17) is 5.73 Å². The predicted molar refractivity (Wildman–Crippen MR) is 72.7 cm³/mol. The molecule has 0 spiro atoms. The highest BCUT2D eigenvalue weighted by Crippen LogP contribution is 2.25. The third kappa shape index (κ3) is 2.28. The van der Waals surface area contributed by atoms with Crippen LogP contribution in [0.5, 0.6) is 0 Å². The van der Waals surface area contributed by atoms with E-state index in [2.05, 4.69) is 6.08 Å². The highest BCUT2D eigenvalue weighted by Gasteiger charge is 2.27. The second-order valence-corrected chi connectivity index (χ2v) is 6.55. The summed E-state index contributed by atoms with van der Waals surface area (Å²) in [5, 5.41) is 0. The normalized spacial score (nSPS) is 17.6. The predicted octanol–water partition coefficient (Wildman–Crippen LogP) is 1.92. The summed E-state index contributed by atoms with van der Waals surface area (Å²) < 4.78 is 26.6. The van der Waals surface area contributed by atoms with Gasteiger partial charge >= 0.3 is 0 Å². The van der Waals surface area contributed by atoms with Crippen molar-refractivity contribution < 1.29 is 8.42 Å². The summed E-state index contributed by atoms with van der Waals surface area (Å²) in [6.07, 6.45) is 2.85. The summed E-state index contributed by atoms with van der Waals surface area (Å²) >= 11 is 0. The van der Waals surface area contributed by atoms with E-state index in [9.17, 15) is 8.42 Å². The van der Waals surface area contributed by atoms with Crippen LogP contribution in [0.2, 0.25) is 0 Å². The van der Waals surface area contributed by atoms with Crippen molar-refractivity contribution in [1.82, 2.24) is 4.31 Å². The molecule has 5 heteroatoms. The van der Waals surface area contributed by atoms with E-state index in [1.165, 1.54) is 4.31 Å². The molecular formula is C13H18N2O2S. The summed E-state index contributed by atoms with van der Waals surface area (Å²) in [5.41, 5.74) is 8.01. The van der Waals surface area contributed by atoms with Gasteiger partial charge in [-0.25, -0.2) is 8.42 Å². The number of nitrogen functional groups attached to an aromatic ring is 1. The molecule has 98 valence electrons. The van der Waals surface area contributed by atoms with E-state index in [1.807, 2.05) is 6.92 Å². The third-order valence-corrected chi connectivity index (χ3v) is 5.23. The molecule has 0 radical (unpaired) electrons. The van der Waals surface area contributed by atoms with Gasteiger partial charge in [0.05, 0.1) is 4.90 Å². The minimum atomic E-state index is -3.44. The van der Waals surface area contributed by atoms with Crippen LogP contribution in [0.1, 0.15) is 18.9 Å². The maximum absolute atomic E-state index is 12.5. The van der Waals surface area contributed by atoms with Crippen LogP contribution in [-0.2, 0) is 10.0 Å². The molecule has 0 saturated carbocycles. The topological polar surface area (TPSA) is 63.4 Å². The molecule has 0 aromatic heterocycles. The van der Waals surface area contributed by atoms with Gasteiger partial charge in [-0.3, -0.25) is 0 Å². The molecule has 1 aliphatic heterocycles. The van der Waals surface area contributed by atoms with Crippen LogP contribution in [0.25, 0.3) is 0 Å². The first kappa shape index (κ1) is 13.1. The van der Waals surface area contributed by atoms with Gasteiger partial charge in [0.1, 0.15) is 0 Å². The van der Waals surface area contributed by atoms with Crippen molar-refractivity contribution in [3.05, 3.63) is 35.4 Å². The Morgan fingerprint density at radius 2 is 2.00 bits per heavy atom. The van der Waals surface area contributed by atoms with Crippen LogP contribution in [-0.4, -0.2) is 25.8 Å². The zero-order valence-electron chi connectivity index (χ0n) is 10.7. The molecule has 0 bridgehead atoms. The number of nitrogens with two attached hydrogens (primary N) is 1. The monoisotopic (exact) mass is 266 g/mol. The molecule has 4 nitrogen and oxygen atoms in total. The number of nitrogens with zero attached hydrogens (tertiary/aromatic N) is 1. The summed E-state index contributed by atoms with van der Waals surface area (Å²) in [7, 11) is -3.44. The van der Waals surface area contributed by atoms with E-state index < -0.39 is 10.0 Å². The maximum Gasteiger partial charge on any atom is 0.243 e. The SMILES string of the molecule is CC1=CCCN(S(=O)(=O)c2cccc(N)c2C)C1. The molecule has 0 saturated heterocycles. The lowest BCUT2D eigenvalue weighted by molar-refractivity contribution is 0.427. The van der Waals surface area contributed by atoms with Gasteiger partial charge in [0.25, 0.3) is 0 Å². The van der Waals surface area contributed by atoms with Gasteiger partial charge in [-0.15, -0.1) is 0 Å². The number of benzene rings is 1. The zero-order chi connectivity index (χ0) is 13.3. The van der Waals surface area contributed by atoms with Gasteiger partial charge < -0.3 is 5.73 Å². The highest BCUT2D eigenvalue weighted by atomic mass is 32.2. The van der Waals surface area contributed by atoms with Crippen molar-refractivity contribution >= 4 is 15.7 Å². The summed E-state index contributed by atoms with van der Waals surface area (Å²) in [4.78, 5) is 0.317. The van der Waals surface area contributed by atoms with Crippen molar-refractivity contribution in [2.24, 2.45) is 0 Å². The van der Waals surface area contributed by atoms with E-state index >= 15 is 0 Å². The summed E-state index contributed by atoms with van der Waals surface area (Å²) in [5.74, 6) is 0. The second-order valence-electron chi connectivity index (χ2n) is 4.65. The fourth-order valence-corrected chi connectivity index (χ4v) is 3.88. The van der Waals surface area contributed by atoms with E-state index in [1.54, 1.807) is 25.1 Å². The van der Waals surface area contributed by atoms with Crippen LogP contribution in [0.4, 0.5) is 5.69 Å². The second kappa shape index (κ2) is 4.74. The maximum atomic E-state index is 12.5. The molecule has 1 aliphatic rings. The van der Waals surface area contributed by atoms with Crippen molar-refractivity contribution in [3.8, 4) is 0 Å². The van der Waals surface area contributed by atoms with Crippen LogP contribution < -0.4 is 5.73 Å². The Morgan fingerprint density at radius 3 is 2.67 bits per heavy atom. The van der Waals surface area contributed by atoms with Crippen molar-refractivity contribution in [1.29, 1.82) is 0 Å². The molecule has 0 aliphatic carbocycles. The van der Waals surface area contributed by atoms with Gasteiger partial charge in [-0.05, 0) is 38.0 Å². The Bertz CT molecular complexity index is 591. The molecule has 1 heterocycles. The lowest BCUT2D eigenvalue weighted by atomic mass is 10.2. The minimum Gasteiger partial charge on any atom is -0.398 e. The van der Waals surface area contributed by atoms with Crippen LogP contribution in [0.15, 0.2) is 34.7 Å². The number of sulfonamides is 1. The first-order chi connectivity index (χ1) is 8.43. The standard InChI is InChI=1S/C13H18N2O2S/c1-10-5-4-8-15(9-10)18(16,17)13-7-3-6-12(14)11(13)2/h3,5-7H,4,8-9,14H2,1-2H3. The van der Waals surface area contributed by atoms with Gasteiger partial charge in [0, 0.05) is 18.8 Å². The number of hydrogen-bond acceptors (Lipinski definition) is 3. The first-order valence-corrected chi connectivity index (χ1v) is 7.38. The summed E-state index contributed by atoms with van der Waals surface area (Å²) in [6, 6.07) is 5.02. The van der Waals surface area contributed by atoms with Crippen molar-refractivity contribution in [3.63, 3.8) is 0 Å². The highest BCUT2D eigenvalue weighted by molar-refractivity contribution is 7.89. The lowest BCUT2D eigenvalue weighted by Crippen LogP contribution is -2.35. The smallest absolute Gasteiger partial charge is 0.243 e. The average Bonchev–Trinajstić information content (AvgIpc) is 2.32. The van der Waals surface area contributed by atoms with Gasteiger partial charge in [-0.2, -0.15) is 4.31 Å². The van der Waals surface area contributed by atoms with Crippen LogP contribution in [0.3, 0.4) is 0 Å². The van der Waals surface area contributed by atoms with Crippen molar-refractivity contribution in [2.45, 2.75) is 25.2 Å². The molecule has 2 rings (SSSR count). The molecule has 1 aromatic rings. The van der Waals surface area contributed by atoms with Crippen LogP contribution >= 0.6 is 0 Å². The molecule has 0 atom stereocenters. The molecule has 18 heavy (non-hydrogen) atoms. The molecule has 0 fully saturated rings. The summed E-state index contributed by atoms with van der Waals surface area (Å²) in [6.45, 7) is 4.70. The fourth-order valence-electron chi connectivity index (χ4n) is 2.13. The van der Waals surface area contributed by atoms with E-state index in [-0.39, 0.29) is 0 Å².